The molecule has 1 rings (SSSR count). The van der Waals surface area contributed by atoms with E-state index in [1.165, 1.54) is 0 Å². The summed E-state index contributed by atoms with van der Waals surface area (Å²) in [6.07, 6.45) is -4.30. The number of rotatable bonds is 6. The average molecular weight is 324 g/mol. The summed E-state index contributed by atoms with van der Waals surface area (Å²) in [7, 11) is 0. The molecule has 1 unspecified atom stereocenters. The molecule has 0 spiro atoms. The van der Waals surface area contributed by atoms with E-state index in [1.54, 1.807) is 0 Å². The van der Waals surface area contributed by atoms with Crippen molar-refractivity contribution in [3.63, 3.8) is 0 Å². The van der Waals surface area contributed by atoms with E-state index in [2.05, 4.69) is 22.4 Å². The Bertz CT molecular complexity index is 388. The van der Waals surface area contributed by atoms with Crippen molar-refractivity contribution < 1.29 is 24.9 Å². The fourth-order valence-corrected chi connectivity index (χ4v) is 2.05. The molecule has 1 heterocycles. The van der Waals surface area contributed by atoms with Crippen LogP contribution >= 0.6 is 11.6 Å². The highest BCUT2D eigenvalue weighted by Gasteiger charge is 2.39. The minimum atomic E-state index is -1.58. The Morgan fingerprint density at radius 1 is 1.48 bits per heavy atom. The van der Waals surface area contributed by atoms with E-state index >= 15 is 0 Å². The third kappa shape index (κ3) is 4.35. The third-order valence-electron chi connectivity index (χ3n) is 3.08. The zero-order chi connectivity index (χ0) is 16.0. The molecule has 0 aromatic heterocycles. The van der Waals surface area contributed by atoms with E-state index in [0.29, 0.717) is 0 Å². The van der Waals surface area contributed by atoms with Crippen molar-refractivity contribution in [3.05, 3.63) is 17.6 Å². The topological polar surface area (TPSA) is 140 Å². The number of amides is 2. The van der Waals surface area contributed by atoms with E-state index < -0.39 is 36.2 Å². The molecule has 1 aliphatic rings. The molecule has 0 aromatic carbocycles. The number of urea groups is 1. The van der Waals surface area contributed by atoms with Crippen molar-refractivity contribution in [2.75, 3.05) is 12.5 Å². The van der Waals surface area contributed by atoms with Gasteiger partial charge in [-0.2, -0.15) is 0 Å². The van der Waals surface area contributed by atoms with Gasteiger partial charge in [-0.1, -0.05) is 6.58 Å². The van der Waals surface area contributed by atoms with Gasteiger partial charge in [0.1, 0.15) is 18.3 Å². The molecule has 0 bridgehead atoms. The maximum absolute atomic E-state index is 11.8. The average Bonchev–Trinajstić information content (AvgIpc) is 2.47. The largest absolute Gasteiger partial charge is 0.388 e. The predicted octanol–water partition coefficient (Wildman–Crippen LogP) is -0.998. The summed E-state index contributed by atoms with van der Waals surface area (Å²) in [6.45, 7) is 3.15. The lowest BCUT2D eigenvalue weighted by Gasteiger charge is -2.36. The predicted molar refractivity (Wildman–Crippen MR) is 73.5 cm³/mol. The quantitative estimate of drug-likeness (QED) is 0.241. The summed E-state index contributed by atoms with van der Waals surface area (Å²) in [6, 6.07) is -0.868. The third-order valence-corrected chi connectivity index (χ3v) is 3.27. The summed E-state index contributed by atoms with van der Waals surface area (Å²) in [5, 5.41) is 35.7. The van der Waals surface area contributed by atoms with Gasteiger partial charge in [0.05, 0.1) is 6.61 Å². The molecule has 5 N–H and O–H groups in total. The maximum Gasteiger partial charge on any atom is 0.319 e. The van der Waals surface area contributed by atoms with Crippen LogP contribution in [0, 0.1) is 4.91 Å². The van der Waals surface area contributed by atoms with Crippen LogP contribution in [0.1, 0.15) is 6.42 Å². The van der Waals surface area contributed by atoms with Gasteiger partial charge < -0.3 is 30.7 Å². The Morgan fingerprint density at radius 3 is 2.67 bits per heavy atom. The first-order valence-corrected chi connectivity index (χ1v) is 6.71. The number of nitrogens with one attached hydrogen (secondary N) is 2. The number of aliphatic hydroxyl groups excluding tert-OH is 3. The first kappa shape index (κ1) is 17.8. The summed E-state index contributed by atoms with van der Waals surface area (Å²) >= 11 is 5.53. The smallest absolute Gasteiger partial charge is 0.319 e. The van der Waals surface area contributed by atoms with Gasteiger partial charge >= 0.3 is 6.03 Å². The molecular formula is C11H18ClN3O6. The molecule has 120 valence electrons. The molecule has 5 atom stereocenters. The number of halogens is 1. The highest BCUT2D eigenvalue weighted by molar-refractivity contribution is 6.17. The standard InChI is InChI=1S/C11H18ClN3O6/c1-2-11(15-20,3-4-12)14-10(19)13-9-8(18)7(17)6(16)5-21-9/h2,6-9,16-18H,1,3-5H2,(H2,13,14,19)/t6-,7-,8+,9-,11?/m1/s1. The second kappa shape index (κ2) is 7.66. The van der Waals surface area contributed by atoms with E-state index in [4.69, 9.17) is 16.3 Å². The number of hydrogen-bond acceptors (Lipinski definition) is 7. The molecule has 1 saturated heterocycles. The number of ether oxygens (including phenoxy) is 1. The number of aliphatic hydroxyl groups is 3. The van der Waals surface area contributed by atoms with Crippen LogP contribution in [-0.4, -0.2) is 64.0 Å². The van der Waals surface area contributed by atoms with Gasteiger partial charge in [-0.15, -0.1) is 16.5 Å². The SMILES string of the molecule is C=CC(CCCl)(N=O)NC(=O)N[C@@H]1OC[C@@H](O)[C@@H](O)[C@@H]1O. The van der Waals surface area contributed by atoms with Crippen molar-refractivity contribution in [2.24, 2.45) is 5.18 Å². The number of hydrogen-bond donors (Lipinski definition) is 5. The Morgan fingerprint density at radius 2 is 2.14 bits per heavy atom. The van der Waals surface area contributed by atoms with Crippen molar-refractivity contribution >= 4 is 17.6 Å². The Balaban J connectivity index is 2.64. The van der Waals surface area contributed by atoms with Gasteiger partial charge in [0, 0.05) is 12.3 Å². The minimum Gasteiger partial charge on any atom is -0.388 e. The van der Waals surface area contributed by atoms with Crippen LogP contribution in [-0.2, 0) is 4.74 Å². The molecule has 9 nitrogen and oxygen atoms in total. The van der Waals surface area contributed by atoms with E-state index in [-0.39, 0.29) is 18.9 Å². The van der Waals surface area contributed by atoms with E-state index in [0.717, 1.165) is 6.08 Å². The van der Waals surface area contributed by atoms with Crippen molar-refractivity contribution in [3.8, 4) is 0 Å². The first-order chi connectivity index (χ1) is 9.89. The molecule has 0 radical (unpaired) electrons. The van der Waals surface area contributed by atoms with Crippen LogP contribution in [0.25, 0.3) is 0 Å². The Hall–Kier alpha value is -1.26. The molecular weight excluding hydrogens is 306 g/mol. The van der Waals surface area contributed by atoms with E-state index in [1.807, 2.05) is 0 Å². The zero-order valence-electron chi connectivity index (χ0n) is 11.1. The second-order valence-electron chi connectivity index (χ2n) is 4.56. The first-order valence-electron chi connectivity index (χ1n) is 6.17. The lowest BCUT2D eigenvalue weighted by Crippen LogP contribution is -2.61. The van der Waals surface area contributed by atoms with Gasteiger partial charge in [-0.25, -0.2) is 4.79 Å². The lowest BCUT2D eigenvalue weighted by atomic mass is 10.0. The lowest BCUT2D eigenvalue weighted by molar-refractivity contribution is -0.191. The van der Waals surface area contributed by atoms with Crippen LogP contribution in [0.4, 0.5) is 4.79 Å². The van der Waals surface area contributed by atoms with Crippen molar-refractivity contribution in [1.29, 1.82) is 0 Å². The maximum atomic E-state index is 11.8. The summed E-state index contributed by atoms with van der Waals surface area (Å²) in [4.78, 5) is 22.7. The molecule has 2 amide bonds. The molecule has 0 saturated carbocycles. The van der Waals surface area contributed by atoms with E-state index in [9.17, 15) is 25.0 Å². The van der Waals surface area contributed by atoms with Crippen molar-refractivity contribution in [2.45, 2.75) is 36.6 Å². The van der Waals surface area contributed by atoms with Gasteiger partial charge in [0.15, 0.2) is 11.9 Å². The highest BCUT2D eigenvalue weighted by Crippen LogP contribution is 2.16. The van der Waals surface area contributed by atoms with Gasteiger partial charge in [0.2, 0.25) is 0 Å². The minimum absolute atomic E-state index is 0.0321. The molecule has 10 heteroatoms. The number of nitrogens with zero attached hydrogens (tertiary/aromatic N) is 1. The van der Waals surface area contributed by atoms with Gasteiger partial charge in [-0.3, -0.25) is 0 Å². The van der Waals surface area contributed by atoms with Crippen molar-refractivity contribution in [1.82, 2.24) is 10.6 Å². The molecule has 21 heavy (non-hydrogen) atoms. The Kier molecular flexibility index (Phi) is 6.49. The Labute approximate surface area is 125 Å². The summed E-state index contributed by atoms with van der Waals surface area (Å²) < 4.78 is 4.99. The number of carbonyl (C=O) groups is 1. The number of carbonyl (C=O) groups excluding carboxylic acids is 1. The molecule has 0 aromatic rings. The zero-order valence-corrected chi connectivity index (χ0v) is 11.9. The monoisotopic (exact) mass is 323 g/mol. The number of nitroso groups, excluding NO2 is 1. The molecule has 1 fully saturated rings. The second-order valence-corrected chi connectivity index (χ2v) is 4.94. The number of alkyl halides is 1. The van der Waals surface area contributed by atoms with Crippen LogP contribution in [0.5, 0.6) is 0 Å². The van der Waals surface area contributed by atoms with Crippen LogP contribution < -0.4 is 10.6 Å². The highest BCUT2D eigenvalue weighted by atomic mass is 35.5. The summed E-state index contributed by atoms with van der Waals surface area (Å²) in [5.74, 6) is 0.0610. The van der Waals surface area contributed by atoms with Gasteiger partial charge in [0.25, 0.3) is 0 Å². The fraction of sp³-hybridized carbons (Fsp3) is 0.727. The summed E-state index contributed by atoms with van der Waals surface area (Å²) in [5.41, 5.74) is -1.58. The molecule has 0 aliphatic carbocycles. The van der Waals surface area contributed by atoms with Crippen LogP contribution in [0.3, 0.4) is 0 Å². The van der Waals surface area contributed by atoms with Crippen LogP contribution in [0.15, 0.2) is 17.8 Å². The fourth-order valence-electron chi connectivity index (χ4n) is 1.76. The van der Waals surface area contributed by atoms with Gasteiger partial charge in [-0.05, 0) is 11.3 Å². The molecule has 1 aliphatic heterocycles. The normalized spacial score (nSPS) is 31.8. The van der Waals surface area contributed by atoms with Crippen LogP contribution in [0.2, 0.25) is 0 Å².